The van der Waals surface area contributed by atoms with Gasteiger partial charge in [-0.05, 0) is 31.0 Å². The maximum absolute atomic E-state index is 13.0. The predicted octanol–water partition coefficient (Wildman–Crippen LogP) is 1.57. The number of carbonyl (C=O) groups is 2. The van der Waals surface area contributed by atoms with Crippen molar-refractivity contribution < 1.29 is 14.0 Å². The van der Waals surface area contributed by atoms with Gasteiger partial charge in [0.05, 0.1) is 0 Å². The van der Waals surface area contributed by atoms with Gasteiger partial charge in [-0.15, -0.1) is 0 Å². The average Bonchev–Trinajstić information content (AvgIpc) is 2.41. The summed E-state index contributed by atoms with van der Waals surface area (Å²) in [6, 6.07) is 5.55. The number of nitrogens with zero attached hydrogens (tertiary/aromatic N) is 1. The molecule has 1 fully saturated rings. The molecule has 1 aromatic rings. The summed E-state index contributed by atoms with van der Waals surface area (Å²) in [5.41, 5.74) is 0.296. The molecule has 5 heteroatoms. The van der Waals surface area contributed by atoms with Crippen molar-refractivity contribution in [3.8, 4) is 0 Å². The first kappa shape index (κ1) is 13.5. The van der Waals surface area contributed by atoms with Crippen molar-refractivity contribution in [2.24, 2.45) is 0 Å². The Morgan fingerprint density at radius 2 is 2.21 bits per heavy atom. The average molecular weight is 264 g/mol. The van der Waals surface area contributed by atoms with Crippen molar-refractivity contribution in [3.63, 3.8) is 0 Å². The van der Waals surface area contributed by atoms with Gasteiger partial charge in [0.1, 0.15) is 5.82 Å². The normalized spacial score (nSPS) is 15.4. The molecule has 0 atom stereocenters. The third kappa shape index (κ3) is 3.77. The Balaban J connectivity index is 1.79. The van der Waals surface area contributed by atoms with Crippen LogP contribution >= 0.6 is 0 Å². The second-order valence-electron chi connectivity index (χ2n) is 4.60. The molecule has 0 saturated carbocycles. The van der Waals surface area contributed by atoms with Gasteiger partial charge in [0.15, 0.2) is 0 Å². The van der Waals surface area contributed by atoms with Crippen molar-refractivity contribution in [2.45, 2.75) is 19.3 Å². The van der Waals surface area contributed by atoms with Crippen LogP contribution in [0.4, 0.5) is 4.39 Å². The van der Waals surface area contributed by atoms with Crippen LogP contribution in [0.15, 0.2) is 24.3 Å². The minimum atomic E-state index is -0.432. The molecule has 4 nitrogen and oxygen atoms in total. The van der Waals surface area contributed by atoms with Gasteiger partial charge in [-0.1, -0.05) is 6.07 Å². The SMILES string of the molecule is O=C(NCCN1CCCCC1=O)c1cccc(F)c1. The number of carbonyl (C=O) groups excluding carboxylic acids is 2. The van der Waals surface area contributed by atoms with Crippen LogP contribution in [0.5, 0.6) is 0 Å². The lowest BCUT2D eigenvalue weighted by molar-refractivity contribution is -0.133. The first-order valence-electron chi connectivity index (χ1n) is 6.48. The molecule has 0 radical (unpaired) electrons. The molecule has 0 unspecified atom stereocenters. The van der Waals surface area contributed by atoms with E-state index in [1.165, 1.54) is 18.2 Å². The molecule has 1 saturated heterocycles. The van der Waals surface area contributed by atoms with E-state index >= 15 is 0 Å². The largest absolute Gasteiger partial charge is 0.350 e. The lowest BCUT2D eigenvalue weighted by atomic mass is 10.1. The number of hydrogen-bond donors (Lipinski definition) is 1. The van der Waals surface area contributed by atoms with Gasteiger partial charge in [-0.2, -0.15) is 0 Å². The fourth-order valence-corrected chi connectivity index (χ4v) is 2.13. The van der Waals surface area contributed by atoms with Crippen LogP contribution < -0.4 is 5.32 Å². The fraction of sp³-hybridized carbons (Fsp3) is 0.429. The molecule has 1 aromatic carbocycles. The van der Waals surface area contributed by atoms with Crippen LogP contribution in [0.25, 0.3) is 0 Å². The Hall–Kier alpha value is -1.91. The van der Waals surface area contributed by atoms with Gasteiger partial charge in [-0.25, -0.2) is 4.39 Å². The molecule has 1 N–H and O–H groups in total. The minimum absolute atomic E-state index is 0.145. The number of benzene rings is 1. The van der Waals surface area contributed by atoms with Crippen molar-refractivity contribution in [1.82, 2.24) is 10.2 Å². The topological polar surface area (TPSA) is 49.4 Å². The number of halogens is 1. The third-order valence-corrected chi connectivity index (χ3v) is 3.18. The summed E-state index contributed by atoms with van der Waals surface area (Å²) in [7, 11) is 0. The molecule has 1 heterocycles. The molecule has 1 aliphatic rings. The summed E-state index contributed by atoms with van der Waals surface area (Å²) in [5.74, 6) is -0.603. The van der Waals surface area contributed by atoms with Gasteiger partial charge in [0.2, 0.25) is 5.91 Å². The van der Waals surface area contributed by atoms with Crippen molar-refractivity contribution in [3.05, 3.63) is 35.6 Å². The highest BCUT2D eigenvalue weighted by atomic mass is 19.1. The number of rotatable bonds is 4. The molecule has 19 heavy (non-hydrogen) atoms. The van der Waals surface area contributed by atoms with Crippen LogP contribution in [-0.2, 0) is 4.79 Å². The molecule has 0 aliphatic carbocycles. The van der Waals surface area contributed by atoms with E-state index in [0.29, 0.717) is 25.1 Å². The van der Waals surface area contributed by atoms with E-state index in [0.717, 1.165) is 19.4 Å². The Morgan fingerprint density at radius 1 is 1.37 bits per heavy atom. The van der Waals surface area contributed by atoms with E-state index in [1.54, 1.807) is 11.0 Å². The summed E-state index contributed by atoms with van der Waals surface area (Å²) >= 11 is 0. The van der Waals surface area contributed by atoms with E-state index in [-0.39, 0.29) is 11.8 Å². The van der Waals surface area contributed by atoms with E-state index < -0.39 is 5.82 Å². The zero-order chi connectivity index (χ0) is 13.7. The van der Waals surface area contributed by atoms with Crippen LogP contribution in [0.2, 0.25) is 0 Å². The van der Waals surface area contributed by atoms with Crippen LogP contribution in [0, 0.1) is 5.82 Å². The van der Waals surface area contributed by atoms with Gasteiger partial charge in [0, 0.05) is 31.6 Å². The summed E-state index contributed by atoms with van der Waals surface area (Å²) in [6.45, 7) is 1.66. The molecule has 0 bridgehead atoms. The lowest BCUT2D eigenvalue weighted by Crippen LogP contribution is -2.41. The first-order chi connectivity index (χ1) is 9.16. The quantitative estimate of drug-likeness (QED) is 0.897. The first-order valence-corrected chi connectivity index (χ1v) is 6.48. The van der Waals surface area contributed by atoms with E-state index in [2.05, 4.69) is 5.32 Å². The second kappa shape index (κ2) is 6.31. The Kier molecular flexibility index (Phi) is 4.49. The smallest absolute Gasteiger partial charge is 0.251 e. The van der Waals surface area contributed by atoms with Crippen LogP contribution in [0.3, 0.4) is 0 Å². The van der Waals surface area contributed by atoms with Crippen LogP contribution in [0.1, 0.15) is 29.6 Å². The summed E-state index contributed by atoms with van der Waals surface area (Å²) < 4.78 is 13.0. The molecule has 0 aromatic heterocycles. The van der Waals surface area contributed by atoms with E-state index in [1.807, 2.05) is 0 Å². The number of likely N-dealkylation sites (tertiary alicyclic amines) is 1. The highest BCUT2D eigenvalue weighted by molar-refractivity contribution is 5.94. The molecule has 0 spiro atoms. The number of piperidine rings is 1. The maximum Gasteiger partial charge on any atom is 0.251 e. The zero-order valence-corrected chi connectivity index (χ0v) is 10.7. The Bertz CT molecular complexity index is 476. The van der Waals surface area contributed by atoms with Gasteiger partial charge in [-0.3, -0.25) is 9.59 Å². The summed E-state index contributed by atoms with van der Waals surface area (Å²) in [6.07, 6.45) is 2.56. The van der Waals surface area contributed by atoms with Crippen molar-refractivity contribution in [2.75, 3.05) is 19.6 Å². The zero-order valence-electron chi connectivity index (χ0n) is 10.7. The Labute approximate surface area is 111 Å². The van der Waals surface area contributed by atoms with Gasteiger partial charge in [0.25, 0.3) is 5.91 Å². The highest BCUT2D eigenvalue weighted by Gasteiger charge is 2.17. The van der Waals surface area contributed by atoms with Crippen molar-refractivity contribution >= 4 is 11.8 Å². The standard InChI is InChI=1S/C14H17FN2O2/c15-12-5-3-4-11(10-12)14(19)16-7-9-17-8-2-1-6-13(17)18/h3-5,10H,1-2,6-9H2,(H,16,19). The number of nitrogens with one attached hydrogen (secondary N) is 1. The number of hydrogen-bond acceptors (Lipinski definition) is 2. The minimum Gasteiger partial charge on any atom is -0.350 e. The molecule has 2 rings (SSSR count). The van der Waals surface area contributed by atoms with E-state index in [4.69, 9.17) is 0 Å². The third-order valence-electron chi connectivity index (χ3n) is 3.18. The van der Waals surface area contributed by atoms with Crippen molar-refractivity contribution in [1.29, 1.82) is 0 Å². The maximum atomic E-state index is 13.0. The second-order valence-corrected chi connectivity index (χ2v) is 4.60. The molecule has 1 aliphatic heterocycles. The summed E-state index contributed by atoms with van der Waals surface area (Å²) in [5, 5.41) is 2.69. The summed E-state index contributed by atoms with van der Waals surface area (Å²) in [4.78, 5) is 25.0. The predicted molar refractivity (Wildman–Crippen MR) is 69.2 cm³/mol. The van der Waals surface area contributed by atoms with Crippen LogP contribution in [-0.4, -0.2) is 36.3 Å². The molecule has 102 valence electrons. The molecule has 2 amide bonds. The molecular formula is C14H17FN2O2. The van der Waals surface area contributed by atoms with E-state index in [9.17, 15) is 14.0 Å². The van der Waals surface area contributed by atoms with Gasteiger partial charge >= 0.3 is 0 Å². The van der Waals surface area contributed by atoms with Gasteiger partial charge < -0.3 is 10.2 Å². The molecular weight excluding hydrogens is 247 g/mol. The Morgan fingerprint density at radius 3 is 2.95 bits per heavy atom. The highest BCUT2D eigenvalue weighted by Crippen LogP contribution is 2.09. The monoisotopic (exact) mass is 264 g/mol. The number of amides is 2. The lowest BCUT2D eigenvalue weighted by Gasteiger charge is -2.26. The fourth-order valence-electron chi connectivity index (χ4n) is 2.13.